The third kappa shape index (κ3) is 8.71. The standard InChI is InChI=1S/C44H49N9O7S/c1-44(2,60)30-20-33-35(21-32(30)48-38(55)28-19-25(22-45)23-46-24-28)61-40(49-33)26-7-9-27(10-8-26)41(57)52-17-15-51(16-18-52)14-4-13-47-31-6-3-5-29-37(31)43(59)53(42(29)58)34-11-12-36(54)50-39(34)56/h3,5-6,19-21,23-24,26-27,34,43,47,59-60H,4,7-18H2,1-2H3,(H,48,55)(H,50,54,56)/t26-,27-,34?,43?. The number of piperazine rings is 1. The number of nitrogens with zero attached hydrogens (tertiary/aromatic N) is 6. The van der Waals surface area contributed by atoms with Crippen LogP contribution in [0, 0.1) is 17.2 Å². The topological polar surface area (TPSA) is 221 Å². The van der Waals surface area contributed by atoms with E-state index in [0.29, 0.717) is 47.7 Å². The number of benzene rings is 2. The van der Waals surface area contributed by atoms with Crippen LogP contribution >= 0.6 is 11.3 Å². The number of hydrogen-bond acceptors (Lipinski definition) is 13. The molecule has 2 atom stereocenters. The van der Waals surface area contributed by atoms with Crippen LogP contribution < -0.4 is 16.0 Å². The van der Waals surface area contributed by atoms with Crippen LogP contribution in [0.3, 0.4) is 0 Å². The van der Waals surface area contributed by atoms with Gasteiger partial charge in [-0.25, -0.2) is 4.98 Å². The van der Waals surface area contributed by atoms with Gasteiger partial charge in [0.15, 0.2) is 6.23 Å². The van der Waals surface area contributed by atoms with E-state index in [-0.39, 0.29) is 47.6 Å². The Labute approximate surface area is 356 Å². The van der Waals surface area contributed by atoms with Gasteiger partial charge in [0, 0.05) is 91.4 Å². The summed E-state index contributed by atoms with van der Waals surface area (Å²) >= 11 is 1.57. The first kappa shape index (κ1) is 41.9. The van der Waals surface area contributed by atoms with Crippen LogP contribution in [0.4, 0.5) is 11.4 Å². The average molecular weight is 848 g/mol. The van der Waals surface area contributed by atoms with Gasteiger partial charge in [0.25, 0.3) is 11.8 Å². The molecule has 2 unspecified atom stereocenters. The van der Waals surface area contributed by atoms with E-state index in [9.17, 15) is 39.4 Å². The molecule has 8 rings (SSSR count). The van der Waals surface area contributed by atoms with Crippen molar-refractivity contribution in [3.63, 3.8) is 0 Å². The summed E-state index contributed by atoms with van der Waals surface area (Å²) in [5.41, 5.74) is 2.39. The van der Waals surface area contributed by atoms with Crippen molar-refractivity contribution in [2.75, 3.05) is 49.9 Å². The minimum Gasteiger partial charge on any atom is -0.386 e. The Kier molecular flexibility index (Phi) is 11.9. The Bertz CT molecular complexity index is 2430. The quantitative estimate of drug-likeness (QED) is 0.106. The fourth-order valence-electron chi connectivity index (χ4n) is 8.99. The molecule has 61 heavy (non-hydrogen) atoms. The molecule has 1 aliphatic carbocycles. The van der Waals surface area contributed by atoms with Gasteiger partial charge in [0.1, 0.15) is 12.1 Å². The van der Waals surface area contributed by atoms with Gasteiger partial charge in [-0.15, -0.1) is 11.3 Å². The zero-order chi connectivity index (χ0) is 43.0. The highest BCUT2D eigenvalue weighted by molar-refractivity contribution is 7.18. The van der Waals surface area contributed by atoms with Crippen molar-refractivity contribution in [1.82, 2.24) is 30.0 Å². The number of carbonyl (C=O) groups is 5. The number of nitrogens with one attached hydrogen (secondary N) is 3. The lowest BCUT2D eigenvalue weighted by atomic mass is 9.81. The number of fused-ring (bicyclic) bond motifs is 2. The summed E-state index contributed by atoms with van der Waals surface area (Å²) in [4.78, 5) is 78.7. The normalized spacial score (nSPS) is 22.2. The minimum atomic E-state index is -1.30. The first-order valence-electron chi connectivity index (χ1n) is 20.8. The van der Waals surface area contributed by atoms with Crippen LogP contribution in [0.15, 0.2) is 48.8 Å². The Morgan fingerprint density at radius 2 is 1.79 bits per heavy atom. The number of anilines is 2. The molecule has 3 aliphatic heterocycles. The van der Waals surface area contributed by atoms with Gasteiger partial charge >= 0.3 is 0 Å². The Hall–Kier alpha value is -5.80. The number of piperidine rings is 1. The number of imide groups is 1. The van der Waals surface area contributed by atoms with Crippen molar-refractivity contribution in [2.24, 2.45) is 5.92 Å². The molecule has 5 heterocycles. The van der Waals surface area contributed by atoms with Gasteiger partial charge in [-0.1, -0.05) is 6.07 Å². The van der Waals surface area contributed by atoms with Gasteiger partial charge in [0.2, 0.25) is 17.7 Å². The summed E-state index contributed by atoms with van der Waals surface area (Å²) in [6.07, 6.45) is 5.82. The van der Waals surface area contributed by atoms with Gasteiger partial charge in [-0.05, 0) is 89.2 Å². The Morgan fingerprint density at radius 3 is 2.51 bits per heavy atom. The zero-order valence-electron chi connectivity index (χ0n) is 34.1. The maximum Gasteiger partial charge on any atom is 0.257 e. The van der Waals surface area contributed by atoms with Gasteiger partial charge in [0.05, 0.1) is 32.0 Å². The molecule has 5 N–H and O–H groups in total. The molecule has 16 nitrogen and oxygen atoms in total. The van der Waals surface area contributed by atoms with Crippen molar-refractivity contribution in [1.29, 1.82) is 5.26 Å². The Balaban J connectivity index is 0.803. The summed E-state index contributed by atoms with van der Waals surface area (Å²) in [7, 11) is 0. The average Bonchev–Trinajstić information content (AvgIpc) is 3.79. The second-order valence-electron chi connectivity index (χ2n) is 16.8. The van der Waals surface area contributed by atoms with E-state index in [1.54, 1.807) is 37.3 Å². The summed E-state index contributed by atoms with van der Waals surface area (Å²) in [6.45, 7) is 7.63. The SMILES string of the molecule is CC(C)(O)c1cc2nc([C@H]3CC[C@H](C(=O)N4CCN(CCCNc5cccc6c5C(O)N(C5CCC(=O)NC5=O)C6=O)CC4)CC3)sc2cc1NC(=O)c1cncc(C#N)c1. The molecular weight excluding hydrogens is 799 g/mol. The third-order valence-electron chi connectivity index (χ3n) is 12.3. The predicted molar refractivity (Wildman–Crippen MR) is 226 cm³/mol. The second-order valence-corrected chi connectivity index (χ2v) is 17.9. The molecule has 2 aromatic heterocycles. The van der Waals surface area contributed by atoms with Crippen LogP contribution in [0.5, 0.6) is 0 Å². The molecule has 4 aliphatic rings. The number of carbonyl (C=O) groups excluding carboxylic acids is 5. The third-order valence-corrected chi connectivity index (χ3v) is 13.5. The van der Waals surface area contributed by atoms with E-state index in [4.69, 9.17) is 4.98 Å². The van der Waals surface area contributed by atoms with Crippen LogP contribution in [-0.4, -0.2) is 110 Å². The van der Waals surface area contributed by atoms with Crippen molar-refractivity contribution in [3.05, 3.63) is 81.6 Å². The first-order valence-corrected chi connectivity index (χ1v) is 21.7. The molecule has 3 fully saturated rings. The molecule has 318 valence electrons. The van der Waals surface area contributed by atoms with E-state index in [2.05, 4.69) is 25.8 Å². The molecule has 5 amide bonds. The zero-order valence-corrected chi connectivity index (χ0v) is 35.0. The number of aliphatic hydroxyl groups excluding tert-OH is 1. The van der Waals surface area contributed by atoms with Crippen LogP contribution in [-0.2, 0) is 20.0 Å². The predicted octanol–water partition coefficient (Wildman–Crippen LogP) is 4.21. The summed E-state index contributed by atoms with van der Waals surface area (Å²) in [5.74, 6) is -1.44. The van der Waals surface area contributed by atoms with Crippen molar-refractivity contribution >= 4 is 62.5 Å². The molecular formula is C44H49N9O7S. The number of hydrogen-bond donors (Lipinski definition) is 5. The van der Waals surface area contributed by atoms with Crippen molar-refractivity contribution in [3.8, 4) is 6.07 Å². The molecule has 0 radical (unpaired) electrons. The van der Waals surface area contributed by atoms with E-state index < -0.39 is 35.6 Å². The van der Waals surface area contributed by atoms with Crippen molar-refractivity contribution in [2.45, 2.75) is 82.6 Å². The highest BCUT2D eigenvalue weighted by Crippen LogP contribution is 2.42. The summed E-state index contributed by atoms with van der Waals surface area (Å²) < 4.78 is 0.881. The maximum atomic E-state index is 13.7. The number of aliphatic hydroxyl groups is 2. The fraction of sp³-hybridized carbons (Fsp3) is 0.455. The number of rotatable bonds is 11. The van der Waals surface area contributed by atoms with Gasteiger partial charge < -0.3 is 25.7 Å². The second kappa shape index (κ2) is 17.3. The van der Waals surface area contributed by atoms with Gasteiger partial charge in [-0.3, -0.25) is 44.1 Å². The molecule has 0 spiro atoms. The number of aromatic nitrogens is 2. The lowest BCUT2D eigenvalue weighted by Crippen LogP contribution is -2.53. The van der Waals surface area contributed by atoms with E-state index >= 15 is 0 Å². The van der Waals surface area contributed by atoms with E-state index in [0.717, 1.165) is 67.0 Å². The smallest absolute Gasteiger partial charge is 0.257 e. The fourth-order valence-corrected chi connectivity index (χ4v) is 10.1. The van der Waals surface area contributed by atoms with Crippen LogP contribution in [0.25, 0.3) is 10.2 Å². The Morgan fingerprint density at radius 1 is 1.02 bits per heavy atom. The number of pyridine rings is 1. The number of amides is 5. The lowest BCUT2D eigenvalue weighted by molar-refractivity contribution is -0.140. The molecule has 4 aromatic rings. The molecule has 17 heteroatoms. The van der Waals surface area contributed by atoms with E-state index in [1.165, 1.54) is 23.4 Å². The summed E-state index contributed by atoms with van der Waals surface area (Å²) in [6, 6.07) is 11.4. The largest absolute Gasteiger partial charge is 0.386 e. The lowest BCUT2D eigenvalue weighted by Gasteiger charge is -2.37. The first-order chi connectivity index (χ1) is 29.3. The molecule has 2 saturated heterocycles. The van der Waals surface area contributed by atoms with Crippen molar-refractivity contribution < 1.29 is 34.2 Å². The molecule has 2 aromatic carbocycles. The highest BCUT2D eigenvalue weighted by Gasteiger charge is 2.45. The van der Waals surface area contributed by atoms with Crippen LogP contribution in [0.1, 0.15) is 113 Å². The maximum absolute atomic E-state index is 13.7. The van der Waals surface area contributed by atoms with E-state index in [1.807, 2.05) is 29.2 Å². The number of nitriles is 1. The minimum absolute atomic E-state index is 0.0280. The van der Waals surface area contributed by atoms with Crippen LogP contribution in [0.2, 0.25) is 0 Å². The molecule has 1 saturated carbocycles. The number of thiazole rings is 1. The summed E-state index contributed by atoms with van der Waals surface area (Å²) in [5, 5.41) is 41.0. The highest BCUT2D eigenvalue weighted by atomic mass is 32.1. The molecule has 0 bridgehead atoms. The monoisotopic (exact) mass is 847 g/mol. The van der Waals surface area contributed by atoms with Gasteiger partial charge in [-0.2, -0.15) is 5.26 Å².